The van der Waals surface area contributed by atoms with E-state index in [1.807, 2.05) is 0 Å². The Labute approximate surface area is 782 Å². The fourth-order valence-corrected chi connectivity index (χ4v) is 43.1. The van der Waals surface area contributed by atoms with Crippen molar-refractivity contribution in [2.24, 2.45) is 0 Å². The summed E-state index contributed by atoms with van der Waals surface area (Å²) in [6.45, 7) is 0. The van der Waals surface area contributed by atoms with Gasteiger partial charge in [0.15, 0.2) is 0 Å². The monoisotopic (exact) mass is 1800 g/mol. The van der Waals surface area contributed by atoms with Crippen molar-refractivity contribution >= 4 is 293 Å². The van der Waals surface area contributed by atoms with Crippen LogP contribution in [0.4, 0.5) is 0 Å². The van der Waals surface area contributed by atoms with Crippen molar-refractivity contribution in [3.8, 4) is 0 Å². The molecule has 0 rings (SSSR count). The summed E-state index contributed by atoms with van der Waals surface area (Å²) < 4.78 is 164. The van der Waals surface area contributed by atoms with Gasteiger partial charge in [-0.1, -0.05) is 175 Å². The van der Waals surface area contributed by atoms with Crippen LogP contribution in [0.5, 0.6) is 0 Å². The maximum Gasteiger partial charge on any atom is 1.00 e. The van der Waals surface area contributed by atoms with Gasteiger partial charge in [-0.3, -0.25) is 33.7 Å². The molecule has 0 amide bonds. The molecule has 0 aromatic carbocycles. The predicted octanol–water partition coefficient (Wildman–Crippen LogP) is -10.3. The Balaban J connectivity index is -0.0000000714. The summed E-state index contributed by atoms with van der Waals surface area (Å²) in [7, 11) is 34.3. The SMILES string of the molecule is O.O=S([O-])CCCCSSSSSCCCCS(=O)[O-].O=S([O-])CCCCSSSSSCCCCS(=O)[O-].O=S([O-])CCCCSSSSSCCCCS(=O)[O-].O=S([O-])CCCCSSSSSCCCCS(=O)[O-].[Na+].[Na+].[Na+].[Na+].[Na+].[Na+].[Na+].[Na+]. The molecule has 472 valence electrons. The maximum absolute atomic E-state index is 10.3. The Morgan fingerprint density at radius 2 is 0.271 bits per heavy atom. The van der Waals surface area contributed by atoms with E-state index in [0.29, 0.717) is 0 Å². The third-order valence-electron chi connectivity index (χ3n) is 6.92. The van der Waals surface area contributed by atoms with Gasteiger partial charge in [-0.2, -0.15) is 0 Å². The van der Waals surface area contributed by atoms with Gasteiger partial charge < -0.3 is 41.9 Å². The molecular formula is C32H66Na8O17S28. The average molecular weight is 1800 g/mol. The zero-order valence-electron chi connectivity index (χ0n) is 49.1. The van der Waals surface area contributed by atoms with Gasteiger partial charge in [0.25, 0.3) is 0 Å². The smallest absolute Gasteiger partial charge is 0.772 e. The topological polar surface area (TPSA) is 353 Å². The molecule has 8 atom stereocenters. The second-order valence-electron chi connectivity index (χ2n) is 13.1. The van der Waals surface area contributed by atoms with E-state index in [1.165, 1.54) is 0 Å². The molecule has 0 saturated carbocycles. The van der Waals surface area contributed by atoms with Gasteiger partial charge in [0.05, 0.1) is 0 Å². The van der Waals surface area contributed by atoms with E-state index in [9.17, 15) is 70.1 Å². The summed E-state index contributed by atoms with van der Waals surface area (Å²) in [6.07, 6.45) is 13.3. The van der Waals surface area contributed by atoms with Gasteiger partial charge in [0, 0.05) is 92.0 Å². The quantitative estimate of drug-likeness (QED) is 0.0236. The van der Waals surface area contributed by atoms with Crippen LogP contribution < -0.4 is 236 Å². The summed E-state index contributed by atoms with van der Waals surface area (Å²) in [5.74, 6) is 9.83. The van der Waals surface area contributed by atoms with Crippen molar-refractivity contribution < 1.29 is 312 Å². The Bertz CT molecular complexity index is 1160. The van der Waals surface area contributed by atoms with Gasteiger partial charge in [-0.25, -0.2) is 0 Å². The fraction of sp³-hybridized carbons (Fsp3) is 1.00. The minimum atomic E-state index is -1.90. The van der Waals surface area contributed by atoms with Crippen molar-refractivity contribution in [1.82, 2.24) is 0 Å². The Morgan fingerprint density at radius 3 is 0.353 bits per heavy atom. The standard InChI is InChI=1S/4C8H18O4S7.8Na.H2O/c4*9-18(10)7-3-1-5-13-15-17-16-14-6-2-4-8-19(11)12;;;;;;;;;/h4*1-8H2,(H,9,10)(H,11,12);;;;;;;;;1H2/q;;;;8*+1;/p-8. The first-order valence-corrected chi connectivity index (χ1v) is 57.9. The van der Waals surface area contributed by atoms with E-state index in [-0.39, 0.29) is 288 Å². The molecule has 0 aliphatic heterocycles. The molecule has 0 saturated heterocycles. The Morgan fingerprint density at radius 1 is 0.176 bits per heavy atom. The molecule has 8 unspecified atom stereocenters. The minimum absolute atomic E-state index is 0. The second-order valence-corrected chi connectivity index (χ2v) is 53.3. The largest absolute Gasteiger partial charge is 1.00 e. The van der Waals surface area contributed by atoms with E-state index in [2.05, 4.69) is 0 Å². The third kappa shape index (κ3) is 150. The molecule has 0 radical (unpaired) electrons. The van der Waals surface area contributed by atoms with Crippen molar-refractivity contribution in [2.45, 2.75) is 103 Å². The normalized spacial score (nSPS) is 12.9. The average Bonchev–Trinajstić information content (AvgIpc) is 3.34. The molecule has 0 aliphatic carbocycles. The summed E-state index contributed by atoms with van der Waals surface area (Å²) in [5, 5.41) is 0. The molecule has 0 aromatic rings. The first-order valence-electron chi connectivity index (χ1n) is 22.0. The molecule has 53 heteroatoms. The Hall–Kier alpha value is 15.8. The first-order chi connectivity index (χ1) is 36.5. The third-order valence-corrected chi connectivity index (χ3v) is 47.3. The minimum Gasteiger partial charge on any atom is -0.772 e. The van der Waals surface area contributed by atoms with E-state index < -0.39 is 88.6 Å². The zero-order valence-corrected chi connectivity index (χ0v) is 88.0. The Kier molecular flexibility index (Phi) is 177. The fourth-order valence-electron chi connectivity index (χ4n) is 3.52. The van der Waals surface area contributed by atoms with Gasteiger partial charge in [-0.05, 0) is 221 Å². The molecule has 0 bridgehead atoms. The van der Waals surface area contributed by atoms with Gasteiger partial charge in [-0.15, -0.1) is 0 Å². The summed E-state index contributed by atoms with van der Waals surface area (Å²) >= 11 is -15.2. The predicted molar refractivity (Wildman–Crippen MR) is 379 cm³/mol. The van der Waals surface area contributed by atoms with Gasteiger partial charge in [0.1, 0.15) is 0 Å². The zero-order chi connectivity index (χ0) is 57.4. The molecule has 0 aliphatic rings. The summed E-state index contributed by atoms with van der Waals surface area (Å²) in [5.41, 5.74) is 0. The number of rotatable bonds is 56. The van der Waals surface area contributed by atoms with Crippen molar-refractivity contribution in [3.63, 3.8) is 0 Å². The van der Waals surface area contributed by atoms with Crippen LogP contribution in [0.15, 0.2) is 0 Å². The number of unbranched alkanes of at least 4 members (excludes halogenated alkanes) is 8. The van der Waals surface area contributed by atoms with Crippen LogP contribution >= 0.6 is 204 Å². The molecule has 0 spiro atoms. The van der Waals surface area contributed by atoms with E-state index in [1.54, 1.807) is 204 Å². The van der Waals surface area contributed by atoms with Crippen LogP contribution in [0.25, 0.3) is 0 Å². The number of hydrogen-bond donors (Lipinski definition) is 0. The molecule has 0 fully saturated rings. The van der Waals surface area contributed by atoms with Crippen LogP contribution in [0.2, 0.25) is 0 Å². The molecule has 85 heavy (non-hydrogen) atoms. The van der Waals surface area contributed by atoms with Crippen LogP contribution in [0.3, 0.4) is 0 Å². The van der Waals surface area contributed by atoms with E-state index >= 15 is 0 Å². The van der Waals surface area contributed by atoms with Crippen LogP contribution in [0, 0.1) is 0 Å². The molecular weight excluding hydrogens is 1740 g/mol. The van der Waals surface area contributed by atoms with Gasteiger partial charge in [0.2, 0.25) is 0 Å². The maximum atomic E-state index is 10.3. The van der Waals surface area contributed by atoms with Crippen LogP contribution in [0.1, 0.15) is 103 Å². The molecule has 0 heterocycles. The molecule has 2 N–H and O–H groups in total. The first kappa shape index (κ1) is 130. The summed E-state index contributed by atoms with van der Waals surface area (Å²) in [4.78, 5) is 0. The van der Waals surface area contributed by atoms with Crippen LogP contribution in [-0.2, 0) is 88.6 Å². The van der Waals surface area contributed by atoms with Crippen molar-refractivity contribution in [1.29, 1.82) is 0 Å². The van der Waals surface area contributed by atoms with Gasteiger partial charge >= 0.3 is 236 Å². The molecule has 17 nitrogen and oxygen atoms in total. The van der Waals surface area contributed by atoms with E-state index in [0.717, 1.165) is 149 Å². The van der Waals surface area contributed by atoms with Crippen LogP contribution in [-0.4, -0.2) is 168 Å². The van der Waals surface area contributed by atoms with Crippen molar-refractivity contribution in [2.75, 3.05) is 92.0 Å². The van der Waals surface area contributed by atoms with E-state index in [4.69, 9.17) is 0 Å². The molecule has 0 aromatic heterocycles. The van der Waals surface area contributed by atoms with Crippen molar-refractivity contribution in [3.05, 3.63) is 0 Å². The number of hydrogen-bond acceptors (Lipinski definition) is 36. The second kappa shape index (κ2) is 116. The summed E-state index contributed by atoms with van der Waals surface area (Å²) in [6, 6.07) is 0.